The molecule has 1 rings (SSSR count). The van der Waals surface area contributed by atoms with Crippen LogP contribution in [0.15, 0.2) is 170 Å². The van der Waals surface area contributed by atoms with Gasteiger partial charge in [-0.05, 0) is 122 Å². The molecule has 1 amide bonds. The molecule has 1 heterocycles. The zero-order valence-electron chi connectivity index (χ0n) is 61.3. The monoisotopic (exact) mass is 1330 g/mol. The molecule has 0 saturated carbocycles. The van der Waals surface area contributed by atoms with Crippen LogP contribution in [0.4, 0.5) is 0 Å². The highest BCUT2D eigenvalue weighted by Gasteiger charge is 2.44. The number of unbranched alkanes of at least 4 members (excludes halogenated alkanes) is 31. The SMILES string of the molecule is CC/C=C\C/C=C\C/C=C\C/C=C\C/C=C\C/C=C\C/C=C\C/C=C\C/C=C\C/C=C\C/C=C\C/C=C\CCCCCCC(=O)NC(COC1OC(CO)C(O)C(O)C1O)C(O)/C=C/CC/C=C/CCCCCCCCCCCCCCCCCCCCCCCCCCCC. The lowest BCUT2D eigenvalue weighted by atomic mass is 9.99. The van der Waals surface area contributed by atoms with Gasteiger partial charge in [-0.15, -0.1) is 0 Å². The second-order valence-electron chi connectivity index (χ2n) is 26.4. The Hall–Kier alpha value is -4.45. The van der Waals surface area contributed by atoms with Crippen LogP contribution in [0.5, 0.6) is 0 Å². The van der Waals surface area contributed by atoms with Crippen molar-refractivity contribution in [1.82, 2.24) is 5.32 Å². The molecule has 546 valence electrons. The third-order valence-electron chi connectivity index (χ3n) is 17.5. The Balaban J connectivity index is 2.18. The van der Waals surface area contributed by atoms with Gasteiger partial charge in [-0.3, -0.25) is 4.79 Å². The highest BCUT2D eigenvalue weighted by atomic mass is 16.7. The van der Waals surface area contributed by atoms with Crippen LogP contribution in [-0.2, 0) is 14.3 Å². The van der Waals surface area contributed by atoms with E-state index in [9.17, 15) is 30.3 Å². The zero-order chi connectivity index (χ0) is 69.2. The maximum atomic E-state index is 13.2. The van der Waals surface area contributed by atoms with E-state index in [2.05, 4.69) is 177 Å². The van der Waals surface area contributed by atoms with Gasteiger partial charge in [0.1, 0.15) is 24.4 Å². The Kier molecular flexibility index (Phi) is 68.4. The normalized spacial score (nSPS) is 18.4. The van der Waals surface area contributed by atoms with Crippen LogP contribution in [0.3, 0.4) is 0 Å². The number of allylic oxidation sites excluding steroid dienone is 27. The molecule has 0 aromatic heterocycles. The first-order valence-corrected chi connectivity index (χ1v) is 39.4. The molecule has 6 N–H and O–H groups in total. The van der Waals surface area contributed by atoms with E-state index in [1.807, 2.05) is 6.08 Å². The number of amides is 1. The molecule has 1 aliphatic rings. The van der Waals surface area contributed by atoms with E-state index in [1.165, 1.54) is 167 Å². The molecule has 7 atom stereocenters. The largest absolute Gasteiger partial charge is 0.394 e. The summed E-state index contributed by atoms with van der Waals surface area (Å²) in [5.41, 5.74) is 0. The second kappa shape index (κ2) is 73.3. The maximum absolute atomic E-state index is 13.2. The van der Waals surface area contributed by atoms with Crippen molar-refractivity contribution < 1.29 is 39.8 Å². The predicted molar refractivity (Wildman–Crippen MR) is 414 cm³/mol. The van der Waals surface area contributed by atoms with E-state index in [0.29, 0.717) is 12.8 Å². The van der Waals surface area contributed by atoms with E-state index in [0.717, 1.165) is 122 Å². The van der Waals surface area contributed by atoms with Gasteiger partial charge >= 0.3 is 0 Å². The molecule has 0 aromatic rings. The zero-order valence-corrected chi connectivity index (χ0v) is 61.3. The fourth-order valence-electron chi connectivity index (χ4n) is 11.5. The van der Waals surface area contributed by atoms with Crippen molar-refractivity contribution in [1.29, 1.82) is 0 Å². The van der Waals surface area contributed by atoms with Crippen molar-refractivity contribution in [3.8, 4) is 0 Å². The number of carbonyl (C=O) groups is 1. The summed E-state index contributed by atoms with van der Waals surface area (Å²) in [6.07, 6.45) is 109. The van der Waals surface area contributed by atoms with Crippen molar-refractivity contribution >= 4 is 5.91 Å². The van der Waals surface area contributed by atoms with Crippen LogP contribution in [-0.4, -0.2) is 87.5 Å². The van der Waals surface area contributed by atoms with E-state index in [1.54, 1.807) is 6.08 Å². The number of carbonyl (C=O) groups excluding carboxylic acids is 1. The van der Waals surface area contributed by atoms with E-state index < -0.39 is 49.5 Å². The lowest BCUT2D eigenvalue weighted by Gasteiger charge is -2.40. The summed E-state index contributed by atoms with van der Waals surface area (Å²) in [4.78, 5) is 13.2. The minimum Gasteiger partial charge on any atom is -0.394 e. The molecule has 0 bridgehead atoms. The number of nitrogens with one attached hydrogen (secondary N) is 1. The molecule has 0 radical (unpaired) electrons. The summed E-state index contributed by atoms with van der Waals surface area (Å²) < 4.78 is 11.3. The quantitative estimate of drug-likeness (QED) is 0.0261. The summed E-state index contributed by atoms with van der Waals surface area (Å²) in [5, 5.41) is 54.8. The number of rotatable bonds is 67. The van der Waals surface area contributed by atoms with Crippen LogP contribution in [0.25, 0.3) is 0 Å². The third-order valence-corrected chi connectivity index (χ3v) is 17.5. The lowest BCUT2D eigenvalue weighted by molar-refractivity contribution is -0.302. The van der Waals surface area contributed by atoms with Gasteiger partial charge in [0.05, 0.1) is 25.4 Å². The van der Waals surface area contributed by atoms with Gasteiger partial charge in [-0.25, -0.2) is 0 Å². The molecule has 1 aliphatic heterocycles. The molecule has 7 unspecified atom stereocenters. The fourth-order valence-corrected chi connectivity index (χ4v) is 11.5. The Morgan fingerprint density at radius 2 is 0.656 bits per heavy atom. The van der Waals surface area contributed by atoms with Crippen molar-refractivity contribution in [3.63, 3.8) is 0 Å². The summed E-state index contributed by atoms with van der Waals surface area (Å²) in [6, 6.07) is -0.851. The number of ether oxygens (including phenoxy) is 2. The van der Waals surface area contributed by atoms with E-state index in [4.69, 9.17) is 9.47 Å². The summed E-state index contributed by atoms with van der Waals surface area (Å²) >= 11 is 0. The van der Waals surface area contributed by atoms with Crippen molar-refractivity contribution in [3.05, 3.63) is 170 Å². The second-order valence-corrected chi connectivity index (χ2v) is 26.4. The molecular formula is C87H145NO8. The van der Waals surface area contributed by atoms with E-state index >= 15 is 0 Å². The first-order chi connectivity index (χ1) is 47.3. The lowest BCUT2D eigenvalue weighted by Crippen LogP contribution is -2.60. The Morgan fingerprint density at radius 3 is 1.00 bits per heavy atom. The Morgan fingerprint density at radius 1 is 0.365 bits per heavy atom. The maximum Gasteiger partial charge on any atom is 0.220 e. The fraction of sp³-hybridized carbons (Fsp3) is 0.667. The molecule has 9 nitrogen and oxygen atoms in total. The average Bonchev–Trinajstić information content (AvgIpc) is 0.840. The van der Waals surface area contributed by atoms with Gasteiger partial charge in [0.2, 0.25) is 5.91 Å². The van der Waals surface area contributed by atoms with Gasteiger partial charge in [0, 0.05) is 6.42 Å². The van der Waals surface area contributed by atoms with Gasteiger partial charge in [0.15, 0.2) is 6.29 Å². The van der Waals surface area contributed by atoms with Crippen LogP contribution in [0.2, 0.25) is 0 Å². The van der Waals surface area contributed by atoms with Crippen molar-refractivity contribution in [2.24, 2.45) is 0 Å². The summed E-state index contributed by atoms with van der Waals surface area (Å²) in [6.45, 7) is 3.66. The first kappa shape index (κ1) is 89.6. The summed E-state index contributed by atoms with van der Waals surface area (Å²) in [5.74, 6) is -0.215. The summed E-state index contributed by atoms with van der Waals surface area (Å²) in [7, 11) is 0. The third kappa shape index (κ3) is 60.7. The smallest absolute Gasteiger partial charge is 0.220 e. The van der Waals surface area contributed by atoms with E-state index in [-0.39, 0.29) is 12.5 Å². The topological polar surface area (TPSA) is 149 Å². The standard InChI is InChI=1S/C87H145NO8/c1-3-5-7-9-11-13-15-17-19-21-23-25-27-29-31-33-35-37-38-39-40-41-42-43-44-45-47-49-51-53-55-57-59-61-63-65-67-69-71-73-75-77-83(91)88-80(79-95-87-86(94)85(93)84(92)82(78-89)96-87)81(90)76-74-72-70-68-66-64-62-60-58-56-54-52-50-48-46-36-34-32-30-28-26-24-22-20-18-16-14-12-10-8-6-4-2/h5,7,11,13,17,19,23,25,29,31,35,37,39-40,42-43,45,47,51,53,57,59,63,65-66,68,74,76,80-82,84-87,89-90,92-94H,3-4,6,8-10,12,14-16,18,20-22,24,26-28,30,32-34,36,38,41,44,46,48-50,52,54-56,58,60-62,64,67,69-73,75,77-79H2,1-2H3,(H,88,91)/b7-5-,13-11-,19-17-,25-23-,31-29-,37-35-,40-39-,43-42-,47-45-,53-51-,59-57-,65-63-,68-66+,76-74+. The van der Waals surface area contributed by atoms with Crippen LogP contribution in [0.1, 0.15) is 316 Å². The molecule has 0 aliphatic carbocycles. The van der Waals surface area contributed by atoms with Crippen LogP contribution < -0.4 is 5.32 Å². The van der Waals surface area contributed by atoms with Crippen molar-refractivity contribution in [2.75, 3.05) is 13.2 Å². The van der Waals surface area contributed by atoms with Gasteiger partial charge in [-0.2, -0.15) is 0 Å². The minimum absolute atomic E-state index is 0.215. The van der Waals surface area contributed by atoms with Gasteiger partial charge < -0.3 is 40.3 Å². The Bertz CT molecular complexity index is 2140. The number of hydrogen-bond acceptors (Lipinski definition) is 8. The van der Waals surface area contributed by atoms with Gasteiger partial charge in [-0.1, -0.05) is 357 Å². The molecule has 0 spiro atoms. The molecular weight excluding hydrogens is 1190 g/mol. The first-order valence-electron chi connectivity index (χ1n) is 39.4. The predicted octanol–water partition coefficient (Wildman–Crippen LogP) is 22.8. The number of hydrogen-bond donors (Lipinski definition) is 6. The number of aliphatic hydroxyl groups is 5. The molecule has 9 heteroatoms. The molecule has 1 fully saturated rings. The average molecular weight is 1330 g/mol. The van der Waals surface area contributed by atoms with Crippen LogP contribution >= 0.6 is 0 Å². The van der Waals surface area contributed by atoms with Crippen LogP contribution in [0, 0.1) is 0 Å². The molecule has 0 aromatic carbocycles. The highest BCUT2D eigenvalue weighted by Crippen LogP contribution is 2.23. The molecule has 1 saturated heterocycles. The molecule has 96 heavy (non-hydrogen) atoms. The Labute approximate surface area is 589 Å². The van der Waals surface area contributed by atoms with Gasteiger partial charge in [0.25, 0.3) is 0 Å². The number of aliphatic hydroxyl groups excluding tert-OH is 5. The minimum atomic E-state index is -1.59. The van der Waals surface area contributed by atoms with Crippen molar-refractivity contribution in [2.45, 2.75) is 358 Å². The highest BCUT2D eigenvalue weighted by molar-refractivity contribution is 5.76.